The van der Waals surface area contributed by atoms with Gasteiger partial charge in [-0.05, 0) is 24.6 Å². The van der Waals surface area contributed by atoms with Crippen LogP contribution in [0.4, 0.5) is 18.9 Å². The number of hydrogen-bond acceptors (Lipinski definition) is 3. The summed E-state index contributed by atoms with van der Waals surface area (Å²) in [6, 6.07) is 5.46. The highest BCUT2D eigenvalue weighted by Gasteiger charge is 2.19. The Hall–Kier alpha value is -2.08. The summed E-state index contributed by atoms with van der Waals surface area (Å²) in [6.07, 6.45) is -2.75. The number of alkyl halides is 2. The highest BCUT2D eigenvalue weighted by molar-refractivity contribution is 5.76. The summed E-state index contributed by atoms with van der Waals surface area (Å²) in [5.41, 5.74) is 5.89. The molecule has 0 atom stereocenters. The molecule has 1 heterocycles. The largest absolute Gasteiger partial charge is 0.396 e. The number of nitrogens with two attached hydrogens (primary N) is 1. The second kappa shape index (κ2) is 5.50. The van der Waals surface area contributed by atoms with E-state index >= 15 is 0 Å². The van der Waals surface area contributed by atoms with Gasteiger partial charge < -0.3 is 10.8 Å². The normalized spacial score (nSPS) is 11.1. The van der Waals surface area contributed by atoms with Crippen molar-refractivity contribution in [3.63, 3.8) is 0 Å². The number of aliphatic hydroxyl groups excluding tert-OH is 1. The first kappa shape index (κ1) is 14.3. The maximum atomic E-state index is 13.5. The Bertz CT molecular complexity index is 645. The molecule has 20 heavy (non-hydrogen) atoms. The minimum atomic E-state index is -2.75. The van der Waals surface area contributed by atoms with Gasteiger partial charge in [-0.15, -0.1) is 0 Å². The number of aliphatic hydroxyl groups is 1. The van der Waals surface area contributed by atoms with Gasteiger partial charge in [0.15, 0.2) is 0 Å². The third-order valence-corrected chi connectivity index (χ3v) is 3.02. The van der Waals surface area contributed by atoms with Gasteiger partial charge in [-0.2, -0.15) is 0 Å². The molecule has 0 unspecified atom stereocenters. The Morgan fingerprint density at radius 3 is 2.65 bits per heavy atom. The molecule has 2 rings (SSSR count). The number of anilines is 1. The summed E-state index contributed by atoms with van der Waals surface area (Å²) in [4.78, 5) is 3.86. The second-order valence-electron chi connectivity index (χ2n) is 4.36. The van der Waals surface area contributed by atoms with Crippen LogP contribution in [-0.4, -0.2) is 10.1 Å². The van der Waals surface area contributed by atoms with Gasteiger partial charge in [-0.25, -0.2) is 18.2 Å². The molecule has 0 saturated carbocycles. The number of para-hydroxylation sites is 1. The summed E-state index contributed by atoms with van der Waals surface area (Å²) < 4.78 is 39.3. The zero-order chi connectivity index (χ0) is 14.9. The van der Waals surface area contributed by atoms with Crippen LogP contribution >= 0.6 is 0 Å². The standard InChI is InChI=1S/C14H13F3N2O/c1-7-5-8(6-20)13(19-12(7)14(16)17)9-3-2-4-10(15)11(9)18/h2-5,14,20H,6,18H2,1H3. The van der Waals surface area contributed by atoms with Crippen LogP contribution in [0.25, 0.3) is 11.3 Å². The first-order valence-corrected chi connectivity index (χ1v) is 5.89. The minimum absolute atomic E-state index is 0.0744. The van der Waals surface area contributed by atoms with Crippen LogP contribution in [0.5, 0.6) is 0 Å². The fraction of sp³-hybridized carbons (Fsp3) is 0.214. The molecule has 6 heteroatoms. The van der Waals surface area contributed by atoms with Crippen LogP contribution in [0, 0.1) is 12.7 Å². The van der Waals surface area contributed by atoms with Crippen LogP contribution in [0.3, 0.4) is 0 Å². The fourth-order valence-corrected chi connectivity index (χ4v) is 2.00. The van der Waals surface area contributed by atoms with Gasteiger partial charge in [0.2, 0.25) is 0 Å². The van der Waals surface area contributed by atoms with Gasteiger partial charge in [-0.1, -0.05) is 12.1 Å². The van der Waals surface area contributed by atoms with E-state index in [2.05, 4.69) is 4.98 Å². The number of pyridine rings is 1. The van der Waals surface area contributed by atoms with E-state index < -0.39 is 24.5 Å². The molecule has 0 spiro atoms. The molecule has 106 valence electrons. The summed E-state index contributed by atoms with van der Waals surface area (Å²) >= 11 is 0. The molecule has 2 aromatic rings. The Morgan fingerprint density at radius 2 is 2.05 bits per heavy atom. The van der Waals surface area contributed by atoms with Gasteiger partial charge in [0.25, 0.3) is 6.43 Å². The van der Waals surface area contributed by atoms with Crippen molar-refractivity contribution in [1.82, 2.24) is 4.98 Å². The molecule has 1 aromatic heterocycles. The van der Waals surface area contributed by atoms with Crippen molar-refractivity contribution in [2.45, 2.75) is 20.0 Å². The first-order valence-electron chi connectivity index (χ1n) is 5.89. The summed E-state index contributed by atoms with van der Waals surface area (Å²) in [6.45, 7) is 1.08. The van der Waals surface area contributed by atoms with E-state index in [4.69, 9.17) is 5.73 Å². The van der Waals surface area contributed by atoms with Crippen molar-refractivity contribution < 1.29 is 18.3 Å². The average Bonchev–Trinajstić information content (AvgIpc) is 2.41. The summed E-state index contributed by atoms with van der Waals surface area (Å²) in [5, 5.41) is 9.33. The van der Waals surface area contributed by atoms with Crippen molar-refractivity contribution in [2.75, 3.05) is 5.73 Å². The van der Waals surface area contributed by atoms with E-state index in [0.717, 1.165) is 0 Å². The molecule has 3 N–H and O–H groups in total. The zero-order valence-electron chi connectivity index (χ0n) is 10.7. The van der Waals surface area contributed by atoms with Crippen molar-refractivity contribution in [3.05, 3.63) is 46.9 Å². The van der Waals surface area contributed by atoms with Gasteiger partial charge in [0.1, 0.15) is 11.5 Å². The van der Waals surface area contributed by atoms with Gasteiger partial charge in [-0.3, -0.25) is 0 Å². The number of aryl methyl sites for hydroxylation is 1. The molecule has 0 aliphatic carbocycles. The number of rotatable bonds is 3. The molecule has 0 saturated heterocycles. The van der Waals surface area contributed by atoms with Crippen LogP contribution in [0.1, 0.15) is 23.2 Å². The Kier molecular flexibility index (Phi) is 3.94. The van der Waals surface area contributed by atoms with E-state index in [1.54, 1.807) is 0 Å². The molecule has 0 fully saturated rings. The van der Waals surface area contributed by atoms with E-state index in [1.165, 1.54) is 31.2 Å². The number of aromatic nitrogens is 1. The lowest BCUT2D eigenvalue weighted by Gasteiger charge is -2.14. The third-order valence-electron chi connectivity index (χ3n) is 3.02. The molecular weight excluding hydrogens is 269 g/mol. The Balaban J connectivity index is 2.72. The molecular formula is C14H13F3N2O. The maximum Gasteiger partial charge on any atom is 0.280 e. The summed E-state index contributed by atoms with van der Waals surface area (Å²) in [5.74, 6) is -0.660. The first-order chi connectivity index (χ1) is 9.45. The predicted octanol–water partition coefficient (Wildman–Crippen LogP) is 3.21. The number of hydrogen-bond donors (Lipinski definition) is 2. The molecule has 0 amide bonds. The SMILES string of the molecule is Cc1cc(CO)c(-c2cccc(F)c2N)nc1C(F)F. The van der Waals surface area contributed by atoms with Crippen LogP contribution in [0.15, 0.2) is 24.3 Å². The van der Waals surface area contributed by atoms with E-state index in [0.29, 0.717) is 5.56 Å². The van der Waals surface area contributed by atoms with Crippen molar-refractivity contribution in [3.8, 4) is 11.3 Å². The number of halogens is 3. The number of benzene rings is 1. The van der Waals surface area contributed by atoms with Crippen molar-refractivity contribution in [2.24, 2.45) is 0 Å². The lowest BCUT2D eigenvalue weighted by atomic mass is 10.0. The molecule has 1 aromatic carbocycles. The molecule has 3 nitrogen and oxygen atoms in total. The topological polar surface area (TPSA) is 59.1 Å². The van der Waals surface area contributed by atoms with E-state index in [1.807, 2.05) is 0 Å². The van der Waals surface area contributed by atoms with E-state index in [-0.39, 0.29) is 22.5 Å². The lowest BCUT2D eigenvalue weighted by Crippen LogP contribution is -2.04. The quantitative estimate of drug-likeness (QED) is 0.850. The van der Waals surface area contributed by atoms with Crippen molar-refractivity contribution in [1.29, 1.82) is 0 Å². The number of nitrogens with zero attached hydrogens (tertiary/aromatic N) is 1. The molecule has 0 aliphatic heterocycles. The van der Waals surface area contributed by atoms with Gasteiger partial charge in [0, 0.05) is 11.1 Å². The minimum Gasteiger partial charge on any atom is -0.396 e. The molecule has 0 radical (unpaired) electrons. The van der Waals surface area contributed by atoms with Crippen molar-refractivity contribution >= 4 is 5.69 Å². The maximum absolute atomic E-state index is 13.5. The Morgan fingerprint density at radius 1 is 1.35 bits per heavy atom. The monoisotopic (exact) mass is 282 g/mol. The smallest absolute Gasteiger partial charge is 0.280 e. The summed E-state index contributed by atoms with van der Waals surface area (Å²) in [7, 11) is 0. The molecule has 0 bridgehead atoms. The van der Waals surface area contributed by atoms with Gasteiger partial charge in [0.05, 0.1) is 18.0 Å². The highest BCUT2D eigenvalue weighted by atomic mass is 19.3. The predicted molar refractivity (Wildman–Crippen MR) is 69.7 cm³/mol. The third kappa shape index (κ3) is 2.46. The second-order valence-corrected chi connectivity index (χ2v) is 4.36. The molecule has 0 aliphatic rings. The van der Waals surface area contributed by atoms with Gasteiger partial charge >= 0.3 is 0 Å². The van der Waals surface area contributed by atoms with Crippen LogP contribution in [0.2, 0.25) is 0 Å². The average molecular weight is 282 g/mol. The zero-order valence-corrected chi connectivity index (χ0v) is 10.7. The Labute approximate surface area is 113 Å². The number of nitrogen functional groups attached to an aromatic ring is 1. The van der Waals surface area contributed by atoms with Crippen LogP contribution in [-0.2, 0) is 6.61 Å². The fourth-order valence-electron chi connectivity index (χ4n) is 2.00. The lowest BCUT2D eigenvalue weighted by molar-refractivity contribution is 0.145. The van der Waals surface area contributed by atoms with Crippen LogP contribution < -0.4 is 5.73 Å². The highest BCUT2D eigenvalue weighted by Crippen LogP contribution is 2.32. The van der Waals surface area contributed by atoms with E-state index in [9.17, 15) is 18.3 Å².